The van der Waals surface area contributed by atoms with Crippen LogP contribution in [0.2, 0.25) is 0 Å². The summed E-state index contributed by atoms with van der Waals surface area (Å²) >= 11 is 0. The Kier molecular flexibility index (Phi) is 6.30. The molecule has 7 nitrogen and oxygen atoms in total. The average Bonchev–Trinajstić information content (AvgIpc) is 3.54. The molecule has 7 heteroatoms. The highest BCUT2D eigenvalue weighted by atomic mass is 16.7. The topological polar surface area (TPSA) is 102 Å². The van der Waals surface area contributed by atoms with Gasteiger partial charge in [0.05, 0.1) is 17.9 Å². The molecule has 1 aliphatic heterocycles. The van der Waals surface area contributed by atoms with Gasteiger partial charge in [0.25, 0.3) is 0 Å². The van der Waals surface area contributed by atoms with Gasteiger partial charge in [0, 0.05) is 11.5 Å². The highest BCUT2D eigenvalue weighted by Gasteiger charge is 2.28. The standard InChI is InChI=1S/C26H30N4O3/c27-14-18-6-8-19(9-7-18)26(31)30-21(12-17-4-2-1-3-5-17)25-28-15-22(29-25)20-10-11-23-24(13-20)33-16-32-23/h1-5,10-11,13,15,18-19,21H,6-9,12,14,16,27H2,(H,28,29)(H,30,31). The molecule has 2 heterocycles. The Labute approximate surface area is 193 Å². The number of nitrogens with zero attached hydrogens (tertiary/aromatic N) is 1. The molecule has 1 aliphatic carbocycles. The number of benzene rings is 2. The van der Waals surface area contributed by atoms with Crippen molar-refractivity contribution >= 4 is 5.91 Å². The summed E-state index contributed by atoms with van der Waals surface area (Å²) in [6, 6.07) is 15.8. The minimum atomic E-state index is -0.241. The maximum Gasteiger partial charge on any atom is 0.231 e. The largest absolute Gasteiger partial charge is 0.454 e. The average molecular weight is 447 g/mol. The number of nitrogens with one attached hydrogen (secondary N) is 2. The first-order valence-corrected chi connectivity index (χ1v) is 11.7. The summed E-state index contributed by atoms with van der Waals surface area (Å²) in [5.41, 5.74) is 8.80. The second-order valence-electron chi connectivity index (χ2n) is 8.95. The van der Waals surface area contributed by atoms with E-state index >= 15 is 0 Å². The van der Waals surface area contributed by atoms with Gasteiger partial charge in [0.2, 0.25) is 12.7 Å². The number of imidazole rings is 1. The number of rotatable bonds is 7. The quantitative estimate of drug-likeness (QED) is 0.510. The fraction of sp³-hybridized carbons (Fsp3) is 0.385. The van der Waals surface area contributed by atoms with E-state index in [1.165, 1.54) is 0 Å². The fourth-order valence-corrected chi connectivity index (χ4v) is 4.74. The van der Waals surface area contributed by atoms with Gasteiger partial charge in [-0.05, 0) is 68.3 Å². The Morgan fingerprint density at radius 3 is 2.67 bits per heavy atom. The van der Waals surface area contributed by atoms with Gasteiger partial charge >= 0.3 is 0 Å². The monoisotopic (exact) mass is 446 g/mol. The molecule has 1 amide bonds. The molecule has 1 unspecified atom stereocenters. The van der Waals surface area contributed by atoms with Crippen LogP contribution in [-0.4, -0.2) is 29.2 Å². The molecule has 5 rings (SSSR count). The summed E-state index contributed by atoms with van der Waals surface area (Å²) in [6.07, 6.45) is 6.31. The van der Waals surface area contributed by atoms with Gasteiger partial charge in [-0.25, -0.2) is 4.98 Å². The van der Waals surface area contributed by atoms with Crippen LogP contribution in [0.15, 0.2) is 54.7 Å². The molecule has 2 aromatic carbocycles. The molecular formula is C26H30N4O3. The van der Waals surface area contributed by atoms with Crippen molar-refractivity contribution < 1.29 is 14.3 Å². The maximum absolute atomic E-state index is 13.2. The number of ether oxygens (including phenoxy) is 2. The number of aromatic amines is 1. The zero-order valence-electron chi connectivity index (χ0n) is 18.6. The molecular weight excluding hydrogens is 416 g/mol. The molecule has 4 N–H and O–H groups in total. The third-order valence-corrected chi connectivity index (χ3v) is 6.76. The number of hydrogen-bond acceptors (Lipinski definition) is 5. The lowest BCUT2D eigenvalue weighted by atomic mass is 9.81. The van der Waals surface area contributed by atoms with E-state index in [4.69, 9.17) is 15.2 Å². The number of fused-ring (bicyclic) bond motifs is 1. The van der Waals surface area contributed by atoms with Crippen molar-refractivity contribution in [1.29, 1.82) is 0 Å². The van der Waals surface area contributed by atoms with Crippen LogP contribution in [-0.2, 0) is 11.2 Å². The Morgan fingerprint density at radius 2 is 1.88 bits per heavy atom. The first-order chi connectivity index (χ1) is 16.2. The van der Waals surface area contributed by atoms with Gasteiger partial charge in [-0.1, -0.05) is 30.3 Å². The van der Waals surface area contributed by atoms with E-state index in [0.717, 1.165) is 59.8 Å². The predicted molar refractivity (Wildman–Crippen MR) is 126 cm³/mol. The lowest BCUT2D eigenvalue weighted by molar-refractivity contribution is -0.127. The maximum atomic E-state index is 13.2. The lowest BCUT2D eigenvalue weighted by Crippen LogP contribution is -2.37. The van der Waals surface area contributed by atoms with Gasteiger partial charge in [-0.15, -0.1) is 0 Å². The first kappa shape index (κ1) is 21.5. The van der Waals surface area contributed by atoms with Crippen molar-refractivity contribution in [2.24, 2.45) is 17.6 Å². The molecule has 2 aliphatic rings. The van der Waals surface area contributed by atoms with E-state index in [-0.39, 0.29) is 24.7 Å². The molecule has 0 radical (unpaired) electrons. The number of aromatic nitrogens is 2. The smallest absolute Gasteiger partial charge is 0.231 e. The number of amides is 1. The summed E-state index contributed by atoms with van der Waals surface area (Å²) < 4.78 is 10.9. The lowest BCUT2D eigenvalue weighted by Gasteiger charge is -2.28. The van der Waals surface area contributed by atoms with E-state index in [9.17, 15) is 4.79 Å². The highest BCUT2D eigenvalue weighted by Crippen LogP contribution is 2.36. The predicted octanol–water partition coefficient (Wildman–Crippen LogP) is 3.97. The molecule has 0 spiro atoms. The third kappa shape index (κ3) is 4.88. The second-order valence-corrected chi connectivity index (χ2v) is 8.95. The van der Waals surface area contributed by atoms with Crippen LogP contribution in [0, 0.1) is 11.8 Å². The number of nitrogens with two attached hydrogens (primary N) is 1. The minimum absolute atomic E-state index is 0.0364. The molecule has 0 saturated heterocycles. The Balaban J connectivity index is 1.35. The van der Waals surface area contributed by atoms with Crippen LogP contribution < -0.4 is 20.5 Å². The molecule has 33 heavy (non-hydrogen) atoms. The first-order valence-electron chi connectivity index (χ1n) is 11.7. The van der Waals surface area contributed by atoms with Crippen molar-refractivity contribution in [3.05, 3.63) is 66.1 Å². The van der Waals surface area contributed by atoms with E-state index in [1.807, 2.05) is 42.6 Å². The van der Waals surface area contributed by atoms with Crippen LogP contribution >= 0.6 is 0 Å². The van der Waals surface area contributed by atoms with Crippen molar-refractivity contribution in [3.8, 4) is 22.8 Å². The summed E-state index contributed by atoms with van der Waals surface area (Å²) in [6.45, 7) is 0.950. The van der Waals surface area contributed by atoms with Gasteiger partial charge < -0.3 is 25.5 Å². The zero-order valence-corrected chi connectivity index (χ0v) is 18.6. The van der Waals surface area contributed by atoms with Gasteiger partial charge in [0.1, 0.15) is 5.82 Å². The van der Waals surface area contributed by atoms with E-state index < -0.39 is 0 Å². The summed E-state index contributed by atoms with van der Waals surface area (Å²) in [5.74, 6) is 2.91. The van der Waals surface area contributed by atoms with Gasteiger partial charge in [-0.2, -0.15) is 0 Å². The van der Waals surface area contributed by atoms with Crippen molar-refractivity contribution in [2.45, 2.75) is 38.1 Å². The third-order valence-electron chi connectivity index (χ3n) is 6.76. The normalized spacial score (nSPS) is 20.4. The SMILES string of the molecule is NCC1CCC(C(=O)NC(Cc2ccccc2)c2ncc(-c3ccc4c(c3)OCO4)[nH]2)CC1. The van der Waals surface area contributed by atoms with Gasteiger partial charge in [0.15, 0.2) is 11.5 Å². The second kappa shape index (κ2) is 9.67. The summed E-state index contributed by atoms with van der Waals surface area (Å²) in [4.78, 5) is 21.2. The molecule has 1 saturated carbocycles. The van der Waals surface area contributed by atoms with Crippen LogP contribution in [0.3, 0.4) is 0 Å². The molecule has 172 valence electrons. The fourth-order valence-electron chi connectivity index (χ4n) is 4.74. The van der Waals surface area contributed by atoms with E-state index in [0.29, 0.717) is 18.9 Å². The Hall–Kier alpha value is -3.32. The van der Waals surface area contributed by atoms with Crippen molar-refractivity contribution in [3.63, 3.8) is 0 Å². The van der Waals surface area contributed by atoms with Crippen LogP contribution in [0.1, 0.15) is 43.1 Å². The highest BCUT2D eigenvalue weighted by molar-refractivity contribution is 5.79. The summed E-state index contributed by atoms with van der Waals surface area (Å²) in [7, 11) is 0. The van der Waals surface area contributed by atoms with E-state index in [2.05, 4.69) is 27.4 Å². The van der Waals surface area contributed by atoms with Gasteiger partial charge in [-0.3, -0.25) is 4.79 Å². The molecule has 3 aromatic rings. The molecule has 1 atom stereocenters. The van der Waals surface area contributed by atoms with Crippen molar-refractivity contribution in [2.75, 3.05) is 13.3 Å². The summed E-state index contributed by atoms with van der Waals surface area (Å²) in [5, 5.41) is 3.28. The minimum Gasteiger partial charge on any atom is -0.454 e. The number of hydrogen-bond donors (Lipinski definition) is 3. The molecule has 1 fully saturated rings. The number of carbonyl (C=O) groups excluding carboxylic acids is 1. The molecule has 0 bridgehead atoms. The number of H-pyrrole nitrogens is 1. The Morgan fingerprint density at radius 1 is 1.09 bits per heavy atom. The van der Waals surface area contributed by atoms with Crippen LogP contribution in [0.25, 0.3) is 11.3 Å². The van der Waals surface area contributed by atoms with Crippen LogP contribution in [0.4, 0.5) is 0 Å². The van der Waals surface area contributed by atoms with Crippen molar-refractivity contribution in [1.82, 2.24) is 15.3 Å². The van der Waals surface area contributed by atoms with E-state index in [1.54, 1.807) is 0 Å². The Bertz CT molecular complexity index is 1090. The zero-order chi connectivity index (χ0) is 22.6. The molecule has 1 aromatic heterocycles. The number of carbonyl (C=O) groups is 1. The van der Waals surface area contributed by atoms with Crippen LogP contribution in [0.5, 0.6) is 11.5 Å².